The third-order valence-corrected chi connectivity index (χ3v) is 4.59. The lowest BCUT2D eigenvalue weighted by molar-refractivity contribution is -0.136. The number of para-hydroxylation sites is 1. The van der Waals surface area contributed by atoms with Gasteiger partial charge in [0.05, 0.1) is 17.1 Å². The van der Waals surface area contributed by atoms with E-state index in [-0.39, 0.29) is 25.1 Å². The lowest BCUT2D eigenvalue weighted by Crippen LogP contribution is -2.39. The molecule has 28 heavy (non-hydrogen) atoms. The summed E-state index contributed by atoms with van der Waals surface area (Å²) < 4.78 is 11.4. The van der Waals surface area contributed by atoms with Crippen molar-refractivity contribution in [3.05, 3.63) is 65.0 Å². The zero-order valence-corrected chi connectivity index (χ0v) is 16.8. The van der Waals surface area contributed by atoms with Crippen molar-refractivity contribution in [1.82, 2.24) is 15.1 Å². The number of nitrogens with zero attached hydrogens (tertiary/aromatic N) is 3. The number of aromatic nitrogens is 2. The Balaban J connectivity index is 1.69. The van der Waals surface area contributed by atoms with Crippen LogP contribution in [0.3, 0.4) is 0 Å². The molecule has 2 aromatic carbocycles. The van der Waals surface area contributed by atoms with Crippen molar-refractivity contribution in [3.8, 4) is 17.2 Å². The maximum atomic E-state index is 12.7. The van der Waals surface area contributed by atoms with Gasteiger partial charge in [-0.15, -0.1) is 10.2 Å². The van der Waals surface area contributed by atoms with Gasteiger partial charge in [0.15, 0.2) is 6.61 Å². The van der Waals surface area contributed by atoms with Crippen LogP contribution in [0.2, 0.25) is 5.02 Å². The molecule has 0 saturated carbocycles. The summed E-state index contributed by atoms with van der Waals surface area (Å²) in [6, 6.07) is 14.8. The molecule has 146 valence electrons. The first-order valence-electron chi connectivity index (χ1n) is 9.01. The zero-order valence-electron chi connectivity index (χ0n) is 16.1. The SMILES string of the molecule is Cc1ccccc1OCC(=O)N(Cc1nnc(-c2ccccc2Cl)o1)C(C)C. The second-order valence-electron chi connectivity index (χ2n) is 6.65. The van der Waals surface area contributed by atoms with Crippen molar-refractivity contribution in [3.63, 3.8) is 0 Å². The van der Waals surface area contributed by atoms with Crippen molar-refractivity contribution in [1.29, 1.82) is 0 Å². The summed E-state index contributed by atoms with van der Waals surface area (Å²) in [6.07, 6.45) is 0. The van der Waals surface area contributed by atoms with Gasteiger partial charge in [0.2, 0.25) is 11.8 Å². The van der Waals surface area contributed by atoms with Gasteiger partial charge in [-0.05, 0) is 44.5 Å². The van der Waals surface area contributed by atoms with Crippen molar-refractivity contribution >= 4 is 17.5 Å². The first-order valence-corrected chi connectivity index (χ1v) is 9.38. The summed E-state index contributed by atoms with van der Waals surface area (Å²) in [7, 11) is 0. The van der Waals surface area contributed by atoms with Gasteiger partial charge in [-0.25, -0.2) is 0 Å². The topological polar surface area (TPSA) is 68.5 Å². The maximum absolute atomic E-state index is 12.7. The lowest BCUT2D eigenvalue weighted by atomic mass is 10.2. The molecule has 3 aromatic rings. The molecule has 6 nitrogen and oxygen atoms in total. The Labute approximate surface area is 169 Å². The Hall–Kier alpha value is -2.86. The molecule has 0 saturated heterocycles. The average molecular weight is 400 g/mol. The molecular formula is C21H22ClN3O3. The number of hydrogen-bond donors (Lipinski definition) is 0. The zero-order chi connectivity index (χ0) is 20.1. The number of hydrogen-bond acceptors (Lipinski definition) is 5. The minimum Gasteiger partial charge on any atom is -0.484 e. The van der Waals surface area contributed by atoms with Crippen LogP contribution in [0.15, 0.2) is 52.9 Å². The van der Waals surface area contributed by atoms with Crippen LogP contribution in [-0.2, 0) is 11.3 Å². The summed E-state index contributed by atoms with van der Waals surface area (Å²) in [5.41, 5.74) is 1.64. The first kappa shape index (κ1) is 19.9. The van der Waals surface area contributed by atoms with E-state index >= 15 is 0 Å². The molecule has 0 atom stereocenters. The second kappa shape index (κ2) is 8.89. The molecule has 7 heteroatoms. The highest BCUT2D eigenvalue weighted by atomic mass is 35.5. The number of benzene rings is 2. The fourth-order valence-corrected chi connectivity index (χ4v) is 2.92. The van der Waals surface area contributed by atoms with Crippen molar-refractivity contribution in [2.45, 2.75) is 33.4 Å². The van der Waals surface area contributed by atoms with Crippen LogP contribution in [0.4, 0.5) is 0 Å². The molecule has 1 amide bonds. The maximum Gasteiger partial charge on any atom is 0.261 e. The smallest absolute Gasteiger partial charge is 0.261 e. The molecule has 0 N–H and O–H groups in total. The fraction of sp³-hybridized carbons (Fsp3) is 0.286. The van der Waals surface area contributed by atoms with E-state index in [2.05, 4.69) is 10.2 Å². The van der Waals surface area contributed by atoms with Crippen molar-refractivity contribution in [2.75, 3.05) is 6.61 Å². The minimum atomic E-state index is -0.157. The predicted molar refractivity (Wildman–Crippen MR) is 107 cm³/mol. The largest absolute Gasteiger partial charge is 0.484 e. The van der Waals surface area contributed by atoms with E-state index < -0.39 is 0 Å². The van der Waals surface area contributed by atoms with Gasteiger partial charge in [0, 0.05) is 6.04 Å². The standard InChI is InChI=1S/C21H22ClN3O3/c1-14(2)25(20(26)13-27-18-11-7-4-8-15(18)3)12-19-23-24-21(28-19)16-9-5-6-10-17(16)22/h4-11,14H,12-13H2,1-3H3. The van der Waals surface area contributed by atoms with Crippen LogP contribution >= 0.6 is 11.6 Å². The summed E-state index contributed by atoms with van der Waals surface area (Å²) in [5, 5.41) is 8.64. The molecule has 0 aliphatic heterocycles. The van der Waals surface area contributed by atoms with Gasteiger partial charge in [-0.3, -0.25) is 4.79 Å². The average Bonchev–Trinajstić information content (AvgIpc) is 3.14. The van der Waals surface area contributed by atoms with E-state index in [9.17, 15) is 4.79 Å². The Kier molecular flexibility index (Phi) is 6.31. The van der Waals surface area contributed by atoms with Gasteiger partial charge in [-0.2, -0.15) is 0 Å². The monoisotopic (exact) mass is 399 g/mol. The Bertz CT molecular complexity index is 955. The number of carbonyl (C=O) groups is 1. The number of ether oxygens (including phenoxy) is 1. The summed E-state index contributed by atoms with van der Waals surface area (Å²) in [5.74, 6) is 1.20. The third-order valence-electron chi connectivity index (χ3n) is 4.27. The van der Waals surface area contributed by atoms with Crippen LogP contribution in [0.25, 0.3) is 11.5 Å². The molecule has 0 aliphatic carbocycles. The van der Waals surface area contributed by atoms with Crippen molar-refractivity contribution in [2.24, 2.45) is 0 Å². The molecule has 0 fully saturated rings. The van der Waals surface area contributed by atoms with Crippen LogP contribution in [0.5, 0.6) is 5.75 Å². The molecule has 3 rings (SSSR count). The molecule has 0 radical (unpaired) electrons. The second-order valence-corrected chi connectivity index (χ2v) is 7.06. The van der Waals surface area contributed by atoms with Gasteiger partial charge < -0.3 is 14.1 Å². The fourth-order valence-electron chi connectivity index (χ4n) is 2.71. The quantitative estimate of drug-likeness (QED) is 0.584. The molecule has 1 aromatic heterocycles. The molecule has 0 unspecified atom stereocenters. The van der Waals surface area contributed by atoms with E-state index in [1.54, 1.807) is 17.0 Å². The third kappa shape index (κ3) is 4.70. The van der Waals surface area contributed by atoms with Crippen LogP contribution in [0.1, 0.15) is 25.3 Å². The first-order chi connectivity index (χ1) is 13.5. The summed E-state index contributed by atoms with van der Waals surface area (Å²) in [4.78, 5) is 14.3. The number of amides is 1. The van der Waals surface area contributed by atoms with Gasteiger partial charge >= 0.3 is 0 Å². The van der Waals surface area contributed by atoms with Crippen LogP contribution < -0.4 is 4.74 Å². The molecule has 0 bridgehead atoms. The normalized spacial score (nSPS) is 10.9. The van der Waals surface area contributed by atoms with Gasteiger partial charge in [0.1, 0.15) is 5.75 Å². The van der Waals surface area contributed by atoms with E-state index in [0.29, 0.717) is 28.1 Å². The molecule has 0 spiro atoms. The summed E-state index contributed by atoms with van der Waals surface area (Å²) >= 11 is 6.18. The highest BCUT2D eigenvalue weighted by Crippen LogP contribution is 2.26. The Morgan fingerprint density at radius 2 is 1.86 bits per heavy atom. The highest BCUT2D eigenvalue weighted by Gasteiger charge is 2.21. The summed E-state index contributed by atoms with van der Waals surface area (Å²) in [6.45, 7) is 5.93. The predicted octanol–water partition coefficient (Wildman–Crippen LogP) is 4.51. The van der Waals surface area contributed by atoms with E-state index in [0.717, 1.165) is 5.56 Å². The van der Waals surface area contributed by atoms with Crippen LogP contribution in [0, 0.1) is 6.92 Å². The Morgan fingerprint density at radius 1 is 1.14 bits per heavy atom. The van der Waals surface area contributed by atoms with Crippen LogP contribution in [-0.4, -0.2) is 33.7 Å². The van der Waals surface area contributed by atoms with E-state index in [1.807, 2.05) is 57.2 Å². The molecular weight excluding hydrogens is 378 g/mol. The lowest BCUT2D eigenvalue weighted by Gasteiger charge is -2.25. The van der Waals surface area contributed by atoms with E-state index in [1.165, 1.54) is 0 Å². The molecule has 1 heterocycles. The van der Waals surface area contributed by atoms with Gasteiger partial charge in [0.25, 0.3) is 5.91 Å². The number of carbonyl (C=O) groups excluding carboxylic acids is 1. The number of halogens is 1. The number of rotatable bonds is 7. The number of aryl methyl sites for hydroxylation is 1. The molecule has 0 aliphatic rings. The van der Waals surface area contributed by atoms with Crippen molar-refractivity contribution < 1.29 is 13.9 Å². The highest BCUT2D eigenvalue weighted by molar-refractivity contribution is 6.33. The van der Waals surface area contributed by atoms with E-state index in [4.69, 9.17) is 20.8 Å². The van der Waals surface area contributed by atoms with Gasteiger partial charge in [-0.1, -0.05) is 41.9 Å². The minimum absolute atomic E-state index is 0.0522. The Morgan fingerprint density at radius 3 is 2.57 bits per heavy atom.